The lowest BCUT2D eigenvalue weighted by molar-refractivity contribution is -0.137. The molecule has 0 saturated carbocycles. The van der Waals surface area contributed by atoms with Crippen molar-refractivity contribution in [3.05, 3.63) is 87.9 Å². The lowest BCUT2D eigenvalue weighted by Crippen LogP contribution is -2.44. The van der Waals surface area contributed by atoms with Crippen molar-refractivity contribution >= 4 is 29.0 Å². The maximum atomic E-state index is 13.4. The third kappa shape index (κ3) is 8.87. The van der Waals surface area contributed by atoms with E-state index in [0.29, 0.717) is 18.6 Å². The van der Waals surface area contributed by atoms with Gasteiger partial charge < -0.3 is 19.9 Å². The Morgan fingerprint density at radius 2 is 1.76 bits per heavy atom. The molecule has 1 aromatic heterocycles. The molecule has 3 amide bonds. The predicted octanol–water partition coefficient (Wildman–Crippen LogP) is 6.01. The Bertz CT molecular complexity index is 1150. The summed E-state index contributed by atoms with van der Waals surface area (Å²) in [6.07, 6.45) is -4.14. The van der Waals surface area contributed by atoms with E-state index in [1.807, 2.05) is 17.5 Å². The van der Waals surface area contributed by atoms with Crippen molar-refractivity contribution in [2.45, 2.75) is 25.7 Å². The molecule has 37 heavy (non-hydrogen) atoms. The number of amides is 3. The fraction of sp³-hybridized carbons (Fsp3) is 0.308. The lowest BCUT2D eigenvalue weighted by atomic mass is 10.2. The summed E-state index contributed by atoms with van der Waals surface area (Å²) in [4.78, 5) is 30.1. The van der Waals surface area contributed by atoms with Gasteiger partial charge in [0.25, 0.3) is 0 Å². The van der Waals surface area contributed by atoms with Crippen LogP contribution in [0.1, 0.15) is 22.4 Å². The Morgan fingerprint density at radius 1 is 1.00 bits per heavy atom. The Balaban J connectivity index is 1.77. The smallest absolute Gasteiger partial charge is 0.385 e. The molecule has 198 valence electrons. The minimum absolute atomic E-state index is 0.0363. The quantitative estimate of drug-likeness (QED) is 0.241. The monoisotopic (exact) mass is 537 g/mol. The van der Waals surface area contributed by atoms with E-state index < -0.39 is 23.6 Å². The third-order valence-corrected chi connectivity index (χ3v) is 6.26. The minimum atomic E-state index is -4.56. The van der Waals surface area contributed by atoms with Crippen molar-refractivity contribution in [2.24, 2.45) is 0 Å². The molecule has 1 N–H and O–H groups in total. The molecule has 0 aliphatic heterocycles. The van der Waals surface area contributed by atoms with Crippen molar-refractivity contribution in [3.63, 3.8) is 0 Å². The molecule has 11 heteroatoms. The second-order valence-electron chi connectivity index (χ2n) is 8.23. The topological polar surface area (TPSA) is 61.9 Å². The number of halogens is 4. The Kier molecular flexibility index (Phi) is 10.0. The summed E-state index contributed by atoms with van der Waals surface area (Å²) >= 11 is 1.47. The van der Waals surface area contributed by atoms with E-state index in [0.717, 1.165) is 17.0 Å². The van der Waals surface area contributed by atoms with Gasteiger partial charge in [-0.25, -0.2) is 9.18 Å². The summed E-state index contributed by atoms with van der Waals surface area (Å²) < 4.78 is 57.6. The maximum Gasteiger partial charge on any atom is 0.416 e. The number of anilines is 1. The Morgan fingerprint density at radius 3 is 2.41 bits per heavy atom. The molecule has 6 nitrogen and oxygen atoms in total. The number of nitrogens with one attached hydrogen (secondary N) is 1. The second kappa shape index (κ2) is 13.2. The van der Waals surface area contributed by atoms with E-state index in [2.05, 4.69) is 5.32 Å². The highest BCUT2D eigenvalue weighted by atomic mass is 32.1. The zero-order valence-corrected chi connectivity index (χ0v) is 20.9. The van der Waals surface area contributed by atoms with Crippen LogP contribution >= 0.6 is 11.3 Å². The van der Waals surface area contributed by atoms with Crippen molar-refractivity contribution < 1.29 is 31.9 Å². The normalized spacial score (nSPS) is 11.3. The number of hydrogen-bond donors (Lipinski definition) is 1. The van der Waals surface area contributed by atoms with Gasteiger partial charge in [-0.15, -0.1) is 11.3 Å². The van der Waals surface area contributed by atoms with E-state index in [4.69, 9.17) is 4.74 Å². The number of nitrogens with zero attached hydrogens (tertiary/aromatic N) is 2. The van der Waals surface area contributed by atoms with Gasteiger partial charge in [0, 0.05) is 37.4 Å². The van der Waals surface area contributed by atoms with Gasteiger partial charge in [-0.3, -0.25) is 4.79 Å². The molecule has 1 heterocycles. The molecule has 0 radical (unpaired) electrons. The highest BCUT2D eigenvalue weighted by molar-refractivity contribution is 7.09. The minimum Gasteiger partial charge on any atom is -0.385 e. The Labute approximate surface area is 216 Å². The SMILES string of the molecule is COCCCN(CC(=O)N(Cc1ccc(F)cc1)Cc1cccs1)C(=O)Nc1cccc(C(F)(F)F)c1. The molecule has 0 saturated heterocycles. The molecular weight excluding hydrogens is 510 g/mol. The van der Waals surface area contributed by atoms with E-state index in [1.54, 1.807) is 17.0 Å². The average Bonchev–Trinajstić information content (AvgIpc) is 3.37. The van der Waals surface area contributed by atoms with Gasteiger partial charge in [0.05, 0.1) is 12.1 Å². The summed E-state index contributed by atoms with van der Waals surface area (Å²) in [6, 6.07) is 13.1. The number of rotatable bonds is 11. The van der Waals surface area contributed by atoms with Gasteiger partial charge in [-0.2, -0.15) is 13.2 Å². The molecule has 0 bridgehead atoms. The number of hydrogen-bond acceptors (Lipinski definition) is 4. The highest BCUT2D eigenvalue weighted by Crippen LogP contribution is 2.30. The number of carbonyl (C=O) groups excluding carboxylic acids is 2. The number of benzene rings is 2. The molecule has 0 atom stereocenters. The van der Waals surface area contributed by atoms with Crippen LogP contribution in [0.2, 0.25) is 0 Å². The molecule has 0 spiro atoms. The van der Waals surface area contributed by atoms with Crippen molar-refractivity contribution in [2.75, 3.05) is 32.1 Å². The summed E-state index contributed by atoms with van der Waals surface area (Å²) in [5, 5.41) is 4.35. The zero-order valence-electron chi connectivity index (χ0n) is 20.1. The first-order chi connectivity index (χ1) is 17.7. The summed E-state index contributed by atoms with van der Waals surface area (Å²) in [7, 11) is 1.50. The van der Waals surface area contributed by atoms with Crippen LogP contribution in [0.3, 0.4) is 0 Å². The fourth-order valence-electron chi connectivity index (χ4n) is 3.52. The largest absolute Gasteiger partial charge is 0.416 e. The van der Waals surface area contributed by atoms with Gasteiger partial charge in [-0.05, 0) is 53.8 Å². The zero-order chi connectivity index (χ0) is 26.8. The van der Waals surface area contributed by atoms with E-state index in [1.165, 1.54) is 47.6 Å². The molecule has 2 aromatic carbocycles. The summed E-state index contributed by atoms with van der Waals surface area (Å²) in [5.74, 6) is -0.759. The number of methoxy groups -OCH3 is 1. The number of ether oxygens (including phenoxy) is 1. The second-order valence-corrected chi connectivity index (χ2v) is 9.26. The van der Waals surface area contributed by atoms with Crippen LogP contribution in [0.25, 0.3) is 0 Å². The first-order valence-electron chi connectivity index (χ1n) is 11.4. The standard InChI is InChI=1S/C26H27F4N3O3S/c1-36-13-4-12-32(25(35)31-22-6-2-5-20(15-22)26(28,29)30)18-24(34)33(17-23-7-3-14-37-23)16-19-8-10-21(27)11-9-19/h2-3,5-11,14-15H,4,12-13,16-18H2,1H3,(H,31,35). The van der Waals surface area contributed by atoms with Crippen LogP contribution in [0.4, 0.5) is 28.0 Å². The summed E-state index contributed by atoms with van der Waals surface area (Å²) in [5.41, 5.74) is -0.217. The maximum absolute atomic E-state index is 13.4. The molecule has 3 aromatic rings. The lowest BCUT2D eigenvalue weighted by Gasteiger charge is -2.28. The van der Waals surface area contributed by atoms with Gasteiger partial charge in [0.15, 0.2) is 0 Å². The average molecular weight is 538 g/mol. The fourth-order valence-corrected chi connectivity index (χ4v) is 4.24. The van der Waals surface area contributed by atoms with Gasteiger partial charge in [0.1, 0.15) is 12.4 Å². The summed E-state index contributed by atoms with van der Waals surface area (Å²) in [6.45, 7) is 0.651. The molecule has 3 rings (SSSR count). The van der Waals surface area contributed by atoms with Gasteiger partial charge in [0.2, 0.25) is 5.91 Å². The number of urea groups is 1. The predicted molar refractivity (Wildman–Crippen MR) is 134 cm³/mol. The highest BCUT2D eigenvalue weighted by Gasteiger charge is 2.31. The number of alkyl halides is 3. The number of thiophene rings is 1. The van der Waals surface area contributed by atoms with Crippen LogP contribution in [0.15, 0.2) is 66.0 Å². The van der Waals surface area contributed by atoms with E-state index in [-0.39, 0.29) is 37.8 Å². The van der Waals surface area contributed by atoms with Crippen molar-refractivity contribution in [1.82, 2.24) is 9.80 Å². The molecule has 0 fully saturated rings. The number of carbonyl (C=O) groups is 2. The molecule has 0 aliphatic rings. The van der Waals surface area contributed by atoms with E-state index >= 15 is 0 Å². The Hall–Kier alpha value is -3.44. The van der Waals surface area contributed by atoms with Crippen molar-refractivity contribution in [3.8, 4) is 0 Å². The van der Waals surface area contributed by atoms with Crippen LogP contribution < -0.4 is 5.32 Å². The van der Waals surface area contributed by atoms with E-state index in [9.17, 15) is 27.2 Å². The van der Waals surface area contributed by atoms with Crippen molar-refractivity contribution in [1.29, 1.82) is 0 Å². The van der Waals surface area contributed by atoms with Crippen LogP contribution in [0.5, 0.6) is 0 Å². The third-order valence-electron chi connectivity index (χ3n) is 5.40. The van der Waals surface area contributed by atoms with Gasteiger partial charge >= 0.3 is 12.2 Å². The molecular formula is C26H27F4N3O3S. The molecule has 0 aliphatic carbocycles. The van der Waals surface area contributed by atoms with Crippen LogP contribution in [-0.4, -0.2) is 48.5 Å². The first kappa shape index (κ1) is 28.1. The first-order valence-corrected chi connectivity index (χ1v) is 12.3. The van der Waals surface area contributed by atoms with Crippen LogP contribution in [-0.2, 0) is 28.8 Å². The molecule has 0 unspecified atom stereocenters. The van der Waals surface area contributed by atoms with Gasteiger partial charge in [-0.1, -0.05) is 24.3 Å². The van der Waals surface area contributed by atoms with Crippen LogP contribution in [0, 0.1) is 5.82 Å².